The van der Waals surface area contributed by atoms with E-state index in [4.69, 9.17) is 4.98 Å². The molecule has 1 aromatic heterocycles. The summed E-state index contributed by atoms with van der Waals surface area (Å²) in [7, 11) is 0. The standard InChI is InChI=1S/C23H34N4OS/c1-17-13-18(2)16-26(15-17)10-6-9-24-22(28)19-7-8-20-21(14-19)29-23(25-20)27-11-4-3-5-12-27/h7-8,14,17-18H,3-6,9-13,15-16H2,1-2H3,(H,24,28)/t17-,18+. The van der Waals surface area contributed by atoms with Gasteiger partial charge in [0.05, 0.1) is 10.2 Å². The molecule has 0 spiro atoms. The zero-order valence-corrected chi connectivity index (χ0v) is 18.6. The highest BCUT2D eigenvalue weighted by atomic mass is 32.1. The van der Waals surface area contributed by atoms with Crippen LogP contribution in [0.3, 0.4) is 0 Å². The van der Waals surface area contributed by atoms with E-state index in [0.717, 1.165) is 65.3 Å². The first kappa shape index (κ1) is 20.6. The number of hydrogen-bond acceptors (Lipinski definition) is 5. The van der Waals surface area contributed by atoms with Crippen LogP contribution < -0.4 is 10.2 Å². The number of anilines is 1. The zero-order valence-electron chi connectivity index (χ0n) is 17.8. The quantitative estimate of drug-likeness (QED) is 0.713. The Hall–Kier alpha value is -1.66. The third-order valence-electron chi connectivity index (χ3n) is 6.15. The molecule has 3 heterocycles. The Labute approximate surface area is 178 Å². The molecule has 6 heteroatoms. The van der Waals surface area contributed by atoms with E-state index in [9.17, 15) is 4.79 Å². The third kappa shape index (κ3) is 5.28. The molecular weight excluding hydrogens is 380 g/mol. The summed E-state index contributed by atoms with van der Waals surface area (Å²) < 4.78 is 1.11. The molecular formula is C23H34N4OS. The molecule has 1 amide bonds. The van der Waals surface area contributed by atoms with Crippen molar-refractivity contribution in [2.75, 3.05) is 44.2 Å². The van der Waals surface area contributed by atoms with Crippen molar-refractivity contribution in [2.24, 2.45) is 11.8 Å². The van der Waals surface area contributed by atoms with Gasteiger partial charge in [-0.25, -0.2) is 4.98 Å². The number of rotatable bonds is 6. The van der Waals surface area contributed by atoms with Gasteiger partial charge in [-0.3, -0.25) is 4.79 Å². The molecule has 4 rings (SSSR count). The van der Waals surface area contributed by atoms with Gasteiger partial charge in [-0.2, -0.15) is 0 Å². The monoisotopic (exact) mass is 414 g/mol. The number of fused-ring (bicyclic) bond motifs is 1. The van der Waals surface area contributed by atoms with Crippen molar-refractivity contribution in [3.63, 3.8) is 0 Å². The molecule has 0 saturated carbocycles. The molecule has 2 saturated heterocycles. The summed E-state index contributed by atoms with van der Waals surface area (Å²) in [5.74, 6) is 1.60. The van der Waals surface area contributed by atoms with Gasteiger partial charge in [-0.05, 0) is 68.7 Å². The van der Waals surface area contributed by atoms with E-state index >= 15 is 0 Å². The van der Waals surface area contributed by atoms with Gasteiger partial charge in [0.15, 0.2) is 5.13 Å². The normalized spacial score (nSPS) is 23.4. The predicted molar refractivity (Wildman–Crippen MR) is 122 cm³/mol. The van der Waals surface area contributed by atoms with Gasteiger partial charge in [-0.15, -0.1) is 0 Å². The second-order valence-electron chi connectivity index (χ2n) is 9.04. The maximum atomic E-state index is 12.6. The second kappa shape index (κ2) is 9.43. The molecule has 1 N–H and O–H groups in total. The van der Waals surface area contributed by atoms with Crippen LogP contribution in [0.4, 0.5) is 5.13 Å². The number of carbonyl (C=O) groups is 1. The number of likely N-dealkylation sites (tertiary alicyclic amines) is 1. The van der Waals surface area contributed by atoms with Gasteiger partial charge in [0.25, 0.3) is 5.91 Å². The lowest BCUT2D eigenvalue weighted by Gasteiger charge is -2.34. The minimum Gasteiger partial charge on any atom is -0.352 e. The number of benzene rings is 1. The average Bonchev–Trinajstić information content (AvgIpc) is 3.14. The Balaban J connectivity index is 1.29. The lowest BCUT2D eigenvalue weighted by atomic mass is 9.92. The highest BCUT2D eigenvalue weighted by Crippen LogP contribution is 2.31. The molecule has 0 radical (unpaired) electrons. The zero-order chi connectivity index (χ0) is 20.2. The van der Waals surface area contributed by atoms with E-state index in [1.807, 2.05) is 18.2 Å². The smallest absolute Gasteiger partial charge is 0.251 e. The highest BCUT2D eigenvalue weighted by molar-refractivity contribution is 7.22. The summed E-state index contributed by atoms with van der Waals surface area (Å²) in [5.41, 5.74) is 1.74. The Bertz CT molecular complexity index is 819. The van der Waals surface area contributed by atoms with E-state index in [0.29, 0.717) is 0 Å². The number of carbonyl (C=O) groups excluding carboxylic acids is 1. The molecule has 158 valence electrons. The molecule has 0 bridgehead atoms. The summed E-state index contributed by atoms with van der Waals surface area (Å²) in [4.78, 5) is 22.3. The third-order valence-corrected chi connectivity index (χ3v) is 7.23. The van der Waals surface area contributed by atoms with Crippen molar-refractivity contribution in [1.29, 1.82) is 0 Å². The van der Waals surface area contributed by atoms with Gasteiger partial charge in [0.1, 0.15) is 0 Å². The highest BCUT2D eigenvalue weighted by Gasteiger charge is 2.21. The van der Waals surface area contributed by atoms with Crippen LogP contribution in [0.15, 0.2) is 18.2 Å². The number of piperidine rings is 2. The summed E-state index contributed by atoms with van der Waals surface area (Å²) in [6.45, 7) is 11.1. The fourth-order valence-corrected chi connectivity index (χ4v) is 5.91. The predicted octanol–water partition coefficient (Wildman–Crippen LogP) is 4.38. The summed E-state index contributed by atoms with van der Waals surface area (Å²) in [6.07, 6.45) is 6.17. The first-order valence-electron chi connectivity index (χ1n) is 11.2. The molecule has 2 aliphatic rings. The van der Waals surface area contributed by atoms with E-state index < -0.39 is 0 Å². The van der Waals surface area contributed by atoms with E-state index in [-0.39, 0.29) is 5.91 Å². The largest absolute Gasteiger partial charge is 0.352 e. The number of hydrogen-bond donors (Lipinski definition) is 1. The molecule has 1 aromatic carbocycles. The Morgan fingerprint density at radius 2 is 1.93 bits per heavy atom. The number of thiazole rings is 1. The molecule has 29 heavy (non-hydrogen) atoms. The lowest BCUT2D eigenvalue weighted by molar-refractivity contribution is 0.0947. The first-order chi connectivity index (χ1) is 14.1. The number of amides is 1. The summed E-state index contributed by atoms with van der Waals surface area (Å²) >= 11 is 1.71. The van der Waals surface area contributed by atoms with Crippen LogP contribution >= 0.6 is 11.3 Å². The van der Waals surface area contributed by atoms with Crippen molar-refractivity contribution < 1.29 is 4.79 Å². The van der Waals surface area contributed by atoms with Crippen LogP contribution in [-0.4, -0.2) is 55.1 Å². The number of aromatic nitrogens is 1. The maximum Gasteiger partial charge on any atom is 0.251 e. The lowest BCUT2D eigenvalue weighted by Crippen LogP contribution is -2.40. The van der Waals surface area contributed by atoms with Gasteiger partial charge in [0.2, 0.25) is 0 Å². The van der Waals surface area contributed by atoms with E-state index in [2.05, 4.69) is 29.0 Å². The van der Waals surface area contributed by atoms with Crippen LogP contribution in [0.1, 0.15) is 56.3 Å². The van der Waals surface area contributed by atoms with Crippen molar-refractivity contribution in [2.45, 2.75) is 46.0 Å². The Morgan fingerprint density at radius 1 is 1.17 bits per heavy atom. The molecule has 2 aliphatic heterocycles. The van der Waals surface area contributed by atoms with Gasteiger partial charge >= 0.3 is 0 Å². The fraction of sp³-hybridized carbons (Fsp3) is 0.652. The van der Waals surface area contributed by atoms with Crippen molar-refractivity contribution in [3.05, 3.63) is 23.8 Å². The van der Waals surface area contributed by atoms with Crippen LogP contribution in [-0.2, 0) is 0 Å². The average molecular weight is 415 g/mol. The summed E-state index contributed by atoms with van der Waals surface area (Å²) in [6, 6.07) is 5.90. The topological polar surface area (TPSA) is 48.5 Å². The minimum atomic E-state index is 0.0280. The van der Waals surface area contributed by atoms with Crippen LogP contribution in [0.5, 0.6) is 0 Å². The molecule has 2 fully saturated rings. The van der Waals surface area contributed by atoms with Crippen LogP contribution in [0, 0.1) is 11.8 Å². The van der Waals surface area contributed by atoms with Crippen LogP contribution in [0.25, 0.3) is 10.2 Å². The molecule has 5 nitrogen and oxygen atoms in total. The Morgan fingerprint density at radius 3 is 2.69 bits per heavy atom. The number of nitrogens with one attached hydrogen (secondary N) is 1. The van der Waals surface area contributed by atoms with Gasteiger partial charge < -0.3 is 15.1 Å². The van der Waals surface area contributed by atoms with Crippen molar-refractivity contribution in [3.8, 4) is 0 Å². The van der Waals surface area contributed by atoms with E-state index in [1.54, 1.807) is 11.3 Å². The Kier molecular flexibility index (Phi) is 6.70. The van der Waals surface area contributed by atoms with Crippen LogP contribution in [0.2, 0.25) is 0 Å². The molecule has 2 aromatic rings. The second-order valence-corrected chi connectivity index (χ2v) is 10.1. The first-order valence-corrected chi connectivity index (χ1v) is 12.1. The molecule has 0 unspecified atom stereocenters. The van der Waals surface area contributed by atoms with Gasteiger partial charge in [-0.1, -0.05) is 25.2 Å². The SMILES string of the molecule is C[C@@H]1C[C@H](C)CN(CCCNC(=O)c2ccc3nc(N4CCCCC4)sc3c2)C1. The van der Waals surface area contributed by atoms with Crippen molar-refractivity contribution in [1.82, 2.24) is 15.2 Å². The fourth-order valence-electron chi connectivity index (χ4n) is 4.86. The minimum absolute atomic E-state index is 0.0280. The molecule has 2 atom stereocenters. The maximum absolute atomic E-state index is 12.6. The number of nitrogens with zero attached hydrogens (tertiary/aromatic N) is 3. The summed E-state index contributed by atoms with van der Waals surface area (Å²) in [5, 5.41) is 4.20. The van der Waals surface area contributed by atoms with Gasteiger partial charge in [0, 0.05) is 38.3 Å². The molecule has 0 aliphatic carbocycles. The van der Waals surface area contributed by atoms with E-state index in [1.165, 1.54) is 38.8 Å². The van der Waals surface area contributed by atoms with Crippen molar-refractivity contribution >= 4 is 32.6 Å².